The second-order valence-corrected chi connectivity index (χ2v) is 7.87. The van der Waals surface area contributed by atoms with E-state index >= 15 is 0 Å². The normalized spacial score (nSPS) is 13.2. The third-order valence-electron chi connectivity index (χ3n) is 5.52. The second-order valence-electron chi connectivity index (χ2n) is 7.87. The number of hydrogen-bond donors (Lipinski definition) is 0. The number of nitro groups is 1. The Bertz CT molecular complexity index is 966. The smallest absolute Gasteiger partial charge is 0.293 e. The molecule has 2 aromatic carbocycles. The summed E-state index contributed by atoms with van der Waals surface area (Å²) >= 11 is 0. The van der Waals surface area contributed by atoms with Gasteiger partial charge in [-0.3, -0.25) is 19.7 Å². The number of nitrogens with zero attached hydrogens (tertiary/aromatic N) is 4. The van der Waals surface area contributed by atoms with Crippen LogP contribution in [0.25, 0.3) is 0 Å². The van der Waals surface area contributed by atoms with E-state index in [0.717, 1.165) is 31.5 Å². The third-order valence-corrected chi connectivity index (χ3v) is 5.52. The quantitative estimate of drug-likeness (QED) is 0.501. The highest BCUT2D eigenvalue weighted by atomic mass is 16.6. The van der Waals surface area contributed by atoms with Crippen molar-refractivity contribution in [2.24, 2.45) is 0 Å². The standard InChI is InChI=1S/C23H28N4O4/c1-4-25(16-17-7-9-18(10-8-17)22(28)24(2)3)23(29)19-11-12-20(21(15-19)27(30)31)26-13-5-6-14-26/h7-12,15H,4-6,13-14,16H2,1-3H3. The molecule has 2 amide bonds. The summed E-state index contributed by atoms with van der Waals surface area (Å²) in [4.78, 5) is 41.5. The molecule has 0 bridgehead atoms. The molecule has 1 aliphatic rings. The fourth-order valence-corrected chi connectivity index (χ4v) is 3.77. The first-order valence-corrected chi connectivity index (χ1v) is 10.4. The van der Waals surface area contributed by atoms with Crippen LogP contribution in [0.15, 0.2) is 42.5 Å². The maximum Gasteiger partial charge on any atom is 0.293 e. The molecule has 2 aromatic rings. The lowest BCUT2D eigenvalue weighted by molar-refractivity contribution is -0.384. The molecule has 0 aliphatic carbocycles. The summed E-state index contributed by atoms with van der Waals surface area (Å²) in [7, 11) is 3.39. The average molecular weight is 425 g/mol. The van der Waals surface area contributed by atoms with Crippen LogP contribution in [-0.4, -0.2) is 60.3 Å². The average Bonchev–Trinajstić information content (AvgIpc) is 3.31. The Morgan fingerprint density at radius 2 is 1.61 bits per heavy atom. The van der Waals surface area contributed by atoms with Gasteiger partial charge in [-0.15, -0.1) is 0 Å². The number of amides is 2. The van der Waals surface area contributed by atoms with Gasteiger partial charge in [0.25, 0.3) is 17.5 Å². The summed E-state index contributed by atoms with van der Waals surface area (Å²) in [6, 6.07) is 11.9. The van der Waals surface area contributed by atoms with Gasteiger partial charge in [0, 0.05) is 57.5 Å². The largest absolute Gasteiger partial charge is 0.366 e. The first-order valence-electron chi connectivity index (χ1n) is 10.4. The minimum atomic E-state index is -0.415. The van der Waals surface area contributed by atoms with Crippen molar-refractivity contribution in [3.05, 3.63) is 69.3 Å². The van der Waals surface area contributed by atoms with Gasteiger partial charge in [-0.1, -0.05) is 12.1 Å². The highest BCUT2D eigenvalue weighted by Crippen LogP contribution is 2.32. The summed E-state index contributed by atoms with van der Waals surface area (Å²) in [6.07, 6.45) is 2.03. The summed E-state index contributed by atoms with van der Waals surface area (Å²) in [5.41, 5.74) is 2.31. The Labute approximate surface area is 182 Å². The van der Waals surface area contributed by atoms with Gasteiger partial charge in [-0.05, 0) is 49.6 Å². The van der Waals surface area contributed by atoms with Crippen molar-refractivity contribution in [1.82, 2.24) is 9.80 Å². The fraction of sp³-hybridized carbons (Fsp3) is 0.391. The summed E-state index contributed by atoms with van der Waals surface area (Å²) < 4.78 is 0. The van der Waals surface area contributed by atoms with Crippen molar-refractivity contribution in [3.8, 4) is 0 Å². The predicted octanol–water partition coefficient (Wildman–Crippen LogP) is 3.56. The van der Waals surface area contributed by atoms with Gasteiger partial charge in [-0.25, -0.2) is 0 Å². The molecule has 31 heavy (non-hydrogen) atoms. The first kappa shape index (κ1) is 22.3. The maximum absolute atomic E-state index is 13.1. The summed E-state index contributed by atoms with van der Waals surface area (Å²) in [5.74, 6) is -0.340. The van der Waals surface area contributed by atoms with Crippen molar-refractivity contribution in [3.63, 3.8) is 0 Å². The Hall–Kier alpha value is -3.42. The molecular formula is C23H28N4O4. The van der Waals surface area contributed by atoms with E-state index in [1.165, 1.54) is 11.0 Å². The number of hydrogen-bond acceptors (Lipinski definition) is 5. The molecule has 1 heterocycles. The van der Waals surface area contributed by atoms with Crippen LogP contribution in [0, 0.1) is 10.1 Å². The van der Waals surface area contributed by atoms with Crippen LogP contribution in [0.5, 0.6) is 0 Å². The zero-order chi connectivity index (χ0) is 22.5. The van der Waals surface area contributed by atoms with Crippen LogP contribution in [0.1, 0.15) is 46.0 Å². The third kappa shape index (κ3) is 5.02. The number of carbonyl (C=O) groups excluding carboxylic acids is 2. The molecule has 1 aliphatic heterocycles. The van der Waals surface area contributed by atoms with Crippen molar-refractivity contribution >= 4 is 23.2 Å². The summed E-state index contributed by atoms with van der Waals surface area (Å²) in [5, 5.41) is 11.6. The SMILES string of the molecule is CCN(Cc1ccc(C(=O)N(C)C)cc1)C(=O)c1ccc(N2CCCC2)c([N+](=O)[O-])c1. The van der Waals surface area contributed by atoms with Crippen LogP contribution < -0.4 is 4.90 Å². The van der Waals surface area contributed by atoms with Crippen LogP contribution in [-0.2, 0) is 6.54 Å². The molecule has 1 fully saturated rings. The van der Waals surface area contributed by atoms with Gasteiger partial charge in [-0.2, -0.15) is 0 Å². The molecule has 0 saturated carbocycles. The Balaban J connectivity index is 1.79. The zero-order valence-electron chi connectivity index (χ0n) is 18.2. The lowest BCUT2D eigenvalue weighted by Crippen LogP contribution is -2.30. The van der Waals surface area contributed by atoms with Gasteiger partial charge in [0.1, 0.15) is 5.69 Å². The number of nitro benzene ring substituents is 1. The molecular weight excluding hydrogens is 396 g/mol. The Kier molecular flexibility index (Phi) is 6.89. The lowest BCUT2D eigenvalue weighted by atomic mass is 10.1. The number of benzene rings is 2. The molecule has 0 unspecified atom stereocenters. The molecule has 0 aromatic heterocycles. The van der Waals surface area contributed by atoms with Crippen molar-refractivity contribution in [2.75, 3.05) is 38.6 Å². The molecule has 0 spiro atoms. The van der Waals surface area contributed by atoms with Gasteiger partial charge in [0.05, 0.1) is 4.92 Å². The van der Waals surface area contributed by atoms with Crippen LogP contribution in [0.3, 0.4) is 0 Å². The number of anilines is 1. The van der Waals surface area contributed by atoms with E-state index in [4.69, 9.17) is 0 Å². The van der Waals surface area contributed by atoms with Gasteiger partial charge >= 0.3 is 0 Å². The van der Waals surface area contributed by atoms with Gasteiger partial charge < -0.3 is 14.7 Å². The van der Waals surface area contributed by atoms with E-state index in [1.807, 2.05) is 24.0 Å². The van der Waals surface area contributed by atoms with Gasteiger partial charge in [0.2, 0.25) is 0 Å². The first-order chi connectivity index (χ1) is 14.8. The van der Waals surface area contributed by atoms with Crippen molar-refractivity contribution in [1.29, 1.82) is 0 Å². The molecule has 0 atom stereocenters. The fourth-order valence-electron chi connectivity index (χ4n) is 3.77. The monoisotopic (exact) mass is 424 g/mol. The minimum Gasteiger partial charge on any atom is -0.366 e. The van der Waals surface area contributed by atoms with Crippen molar-refractivity contribution < 1.29 is 14.5 Å². The second kappa shape index (κ2) is 9.59. The highest BCUT2D eigenvalue weighted by Gasteiger charge is 2.25. The Morgan fingerprint density at radius 3 is 2.16 bits per heavy atom. The number of rotatable bonds is 7. The highest BCUT2D eigenvalue weighted by molar-refractivity contribution is 5.96. The molecule has 0 N–H and O–H groups in total. The molecule has 3 rings (SSSR count). The molecule has 1 saturated heterocycles. The van der Waals surface area contributed by atoms with Crippen LogP contribution in [0.2, 0.25) is 0 Å². The lowest BCUT2D eigenvalue weighted by Gasteiger charge is -2.22. The zero-order valence-corrected chi connectivity index (χ0v) is 18.2. The molecule has 8 heteroatoms. The topological polar surface area (TPSA) is 87.0 Å². The van der Waals surface area contributed by atoms with E-state index in [0.29, 0.717) is 29.9 Å². The van der Waals surface area contributed by atoms with Crippen LogP contribution in [0.4, 0.5) is 11.4 Å². The van der Waals surface area contributed by atoms with E-state index in [1.54, 1.807) is 43.3 Å². The van der Waals surface area contributed by atoms with E-state index in [2.05, 4.69) is 0 Å². The van der Waals surface area contributed by atoms with E-state index < -0.39 is 4.92 Å². The van der Waals surface area contributed by atoms with Crippen LogP contribution >= 0.6 is 0 Å². The minimum absolute atomic E-state index is 0.0321. The maximum atomic E-state index is 13.1. The van der Waals surface area contributed by atoms with E-state index in [9.17, 15) is 19.7 Å². The summed E-state index contributed by atoms with van der Waals surface area (Å²) in [6.45, 7) is 4.27. The Morgan fingerprint density at radius 1 is 1.00 bits per heavy atom. The van der Waals surface area contributed by atoms with Gasteiger partial charge in [0.15, 0.2) is 0 Å². The molecule has 164 valence electrons. The van der Waals surface area contributed by atoms with Crippen molar-refractivity contribution in [2.45, 2.75) is 26.3 Å². The predicted molar refractivity (Wildman–Crippen MR) is 119 cm³/mol. The van der Waals surface area contributed by atoms with E-state index in [-0.39, 0.29) is 17.5 Å². The number of carbonyl (C=O) groups is 2. The molecule has 0 radical (unpaired) electrons. The molecule has 8 nitrogen and oxygen atoms in total.